The summed E-state index contributed by atoms with van der Waals surface area (Å²) >= 11 is 5.90. The van der Waals surface area contributed by atoms with Crippen LogP contribution in [0.3, 0.4) is 0 Å². The summed E-state index contributed by atoms with van der Waals surface area (Å²) < 4.78 is 5.60. The average molecular weight is 286 g/mol. The van der Waals surface area contributed by atoms with E-state index in [0.29, 0.717) is 11.3 Å². The Morgan fingerprint density at radius 3 is 2.53 bits per heavy atom. The third-order valence-electron chi connectivity index (χ3n) is 3.69. The molecule has 0 fully saturated rings. The molecule has 0 aliphatic carbocycles. The maximum absolute atomic E-state index is 5.90. The van der Waals surface area contributed by atoms with Crippen LogP contribution in [0.15, 0.2) is 16.5 Å². The molecule has 1 aromatic rings. The van der Waals surface area contributed by atoms with Gasteiger partial charge in [0.05, 0.1) is 6.04 Å². The van der Waals surface area contributed by atoms with Gasteiger partial charge in [-0.1, -0.05) is 46.5 Å². The Balaban J connectivity index is 2.62. The molecule has 2 atom stereocenters. The molecular formula is C16H28ClNO. The molecule has 0 radical (unpaired) electrons. The monoisotopic (exact) mass is 285 g/mol. The Kier molecular flexibility index (Phi) is 8.24. The molecule has 0 aliphatic rings. The van der Waals surface area contributed by atoms with Gasteiger partial charge in [0.25, 0.3) is 0 Å². The van der Waals surface area contributed by atoms with E-state index in [-0.39, 0.29) is 0 Å². The Bertz CT molecular complexity index is 337. The molecule has 2 nitrogen and oxygen atoms in total. The molecule has 3 heteroatoms. The summed E-state index contributed by atoms with van der Waals surface area (Å²) in [5.74, 6) is 1.74. The second-order valence-electron chi connectivity index (χ2n) is 5.30. The first-order chi connectivity index (χ1) is 9.21. The molecular weight excluding hydrogens is 258 g/mol. The quantitative estimate of drug-likeness (QED) is 0.607. The van der Waals surface area contributed by atoms with E-state index in [0.717, 1.165) is 31.1 Å². The van der Waals surface area contributed by atoms with E-state index in [2.05, 4.69) is 26.1 Å². The highest BCUT2D eigenvalue weighted by Crippen LogP contribution is 2.29. The number of nitrogens with one attached hydrogen (secondary N) is 1. The van der Waals surface area contributed by atoms with Crippen molar-refractivity contribution in [2.45, 2.75) is 65.3 Å². The van der Waals surface area contributed by atoms with Gasteiger partial charge < -0.3 is 9.73 Å². The molecule has 1 aromatic heterocycles. The first kappa shape index (κ1) is 16.6. The summed E-state index contributed by atoms with van der Waals surface area (Å²) in [6.07, 6.45) is 7.41. The number of rotatable bonds is 10. The van der Waals surface area contributed by atoms with Gasteiger partial charge in [-0.15, -0.1) is 0 Å². The summed E-state index contributed by atoms with van der Waals surface area (Å²) in [5, 5.41) is 4.07. The number of unbranched alkanes of at least 4 members (excludes halogenated alkanes) is 1. The zero-order valence-corrected chi connectivity index (χ0v) is 13.3. The zero-order valence-electron chi connectivity index (χ0n) is 12.5. The molecule has 0 aliphatic heterocycles. The zero-order chi connectivity index (χ0) is 14.1. The minimum atomic E-state index is 0.300. The van der Waals surface area contributed by atoms with Gasteiger partial charge in [-0.2, -0.15) is 0 Å². The second kappa shape index (κ2) is 9.44. The van der Waals surface area contributed by atoms with Crippen LogP contribution in [0, 0.1) is 5.92 Å². The lowest BCUT2D eigenvalue weighted by Gasteiger charge is -2.22. The lowest BCUT2D eigenvalue weighted by atomic mass is 9.91. The van der Waals surface area contributed by atoms with Crippen molar-refractivity contribution in [3.05, 3.63) is 23.1 Å². The highest BCUT2D eigenvalue weighted by molar-refractivity contribution is 6.28. The topological polar surface area (TPSA) is 25.2 Å². The van der Waals surface area contributed by atoms with E-state index < -0.39 is 0 Å². The smallest absolute Gasteiger partial charge is 0.193 e. The lowest BCUT2D eigenvalue weighted by Crippen LogP contribution is -2.24. The van der Waals surface area contributed by atoms with E-state index >= 15 is 0 Å². The normalized spacial score (nSPS) is 14.5. The van der Waals surface area contributed by atoms with Crippen LogP contribution >= 0.6 is 11.6 Å². The van der Waals surface area contributed by atoms with Crippen molar-refractivity contribution < 1.29 is 4.42 Å². The van der Waals surface area contributed by atoms with Crippen LogP contribution in [0.2, 0.25) is 5.22 Å². The third-order valence-corrected chi connectivity index (χ3v) is 3.89. The summed E-state index contributed by atoms with van der Waals surface area (Å²) in [6, 6.07) is 4.14. The van der Waals surface area contributed by atoms with Gasteiger partial charge >= 0.3 is 0 Å². The van der Waals surface area contributed by atoms with Crippen molar-refractivity contribution in [1.29, 1.82) is 0 Å². The van der Waals surface area contributed by atoms with Gasteiger partial charge in [-0.05, 0) is 49.0 Å². The van der Waals surface area contributed by atoms with Crippen molar-refractivity contribution in [1.82, 2.24) is 5.32 Å². The van der Waals surface area contributed by atoms with Crippen molar-refractivity contribution in [2.24, 2.45) is 5.92 Å². The molecule has 2 unspecified atom stereocenters. The van der Waals surface area contributed by atoms with E-state index in [1.807, 2.05) is 12.1 Å². The van der Waals surface area contributed by atoms with Crippen LogP contribution in [-0.4, -0.2) is 6.54 Å². The Hall–Kier alpha value is -0.470. The molecule has 1 N–H and O–H groups in total. The number of halogens is 1. The van der Waals surface area contributed by atoms with Crippen molar-refractivity contribution in [3.8, 4) is 0 Å². The van der Waals surface area contributed by atoms with E-state index in [1.54, 1.807) is 0 Å². The average Bonchev–Trinajstić information content (AvgIpc) is 2.84. The molecule has 0 aromatic carbocycles. The molecule has 0 saturated heterocycles. The van der Waals surface area contributed by atoms with Crippen LogP contribution < -0.4 is 5.32 Å². The van der Waals surface area contributed by atoms with Crippen LogP contribution in [0.1, 0.15) is 71.1 Å². The molecule has 19 heavy (non-hydrogen) atoms. The third kappa shape index (κ3) is 6.01. The second-order valence-corrected chi connectivity index (χ2v) is 5.67. The van der Waals surface area contributed by atoms with E-state index in [1.165, 1.54) is 25.7 Å². The SMILES string of the molecule is CCCCC(CC)CC(NCCC)c1ccc(Cl)o1. The lowest BCUT2D eigenvalue weighted by molar-refractivity contribution is 0.318. The Labute approximate surface area is 122 Å². The van der Waals surface area contributed by atoms with Crippen molar-refractivity contribution in [3.63, 3.8) is 0 Å². The largest absolute Gasteiger partial charge is 0.448 e. The molecule has 1 rings (SSSR count). The van der Waals surface area contributed by atoms with Crippen LogP contribution in [0.4, 0.5) is 0 Å². The standard InChI is InChI=1S/C16H28ClNO/c1-4-7-8-13(6-3)12-14(18-11-5-2)15-9-10-16(17)19-15/h9-10,13-14,18H,4-8,11-12H2,1-3H3. The number of furan rings is 1. The highest BCUT2D eigenvalue weighted by Gasteiger charge is 2.19. The molecule has 1 heterocycles. The fraction of sp³-hybridized carbons (Fsp3) is 0.750. The van der Waals surface area contributed by atoms with Crippen LogP contribution in [0.5, 0.6) is 0 Å². The molecule has 0 spiro atoms. The molecule has 0 saturated carbocycles. The van der Waals surface area contributed by atoms with Gasteiger partial charge in [-0.3, -0.25) is 0 Å². The van der Waals surface area contributed by atoms with Gasteiger partial charge in [0, 0.05) is 0 Å². The molecule has 0 amide bonds. The Morgan fingerprint density at radius 2 is 2.00 bits per heavy atom. The summed E-state index contributed by atoms with van der Waals surface area (Å²) in [7, 11) is 0. The predicted molar refractivity (Wildman–Crippen MR) is 82.7 cm³/mol. The fourth-order valence-electron chi connectivity index (χ4n) is 2.45. The maximum Gasteiger partial charge on any atom is 0.193 e. The first-order valence-electron chi connectivity index (χ1n) is 7.69. The van der Waals surface area contributed by atoms with Gasteiger partial charge in [0.2, 0.25) is 0 Å². The van der Waals surface area contributed by atoms with Crippen molar-refractivity contribution >= 4 is 11.6 Å². The fourth-order valence-corrected chi connectivity index (χ4v) is 2.60. The van der Waals surface area contributed by atoms with Crippen LogP contribution in [0.25, 0.3) is 0 Å². The highest BCUT2D eigenvalue weighted by atomic mass is 35.5. The number of hydrogen-bond acceptors (Lipinski definition) is 2. The summed E-state index contributed by atoms with van der Waals surface area (Å²) in [6.45, 7) is 7.75. The van der Waals surface area contributed by atoms with Crippen molar-refractivity contribution in [2.75, 3.05) is 6.54 Å². The predicted octanol–water partition coefficient (Wildman–Crippen LogP) is 5.58. The minimum absolute atomic E-state index is 0.300. The first-order valence-corrected chi connectivity index (χ1v) is 8.07. The maximum atomic E-state index is 5.90. The van der Waals surface area contributed by atoms with E-state index in [9.17, 15) is 0 Å². The molecule has 0 bridgehead atoms. The van der Waals surface area contributed by atoms with Gasteiger partial charge in [-0.25, -0.2) is 0 Å². The van der Waals surface area contributed by atoms with Gasteiger partial charge in [0.15, 0.2) is 5.22 Å². The minimum Gasteiger partial charge on any atom is -0.448 e. The van der Waals surface area contributed by atoms with Gasteiger partial charge in [0.1, 0.15) is 5.76 Å². The van der Waals surface area contributed by atoms with Crippen LogP contribution in [-0.2, 0) is 0 Å². The Morgan fingerprint density at radius 1 is 1.21 bits per heavy atom. The number of hydrogen-bond donors (Lipinski definition) is 1. The molecule has 110 valence electrons. The summed E-state index contributed by atoms with van der Waals surface area (Å²) in [5.41, 5.74) is 0. The summed E-state index contributed by atoms with van der Waals surface area (Å²) in [4.78, 5) is 0. The van der Waals surface area contributed by atoms with E-state index in [4.69, 9.17) is 16.0 Å².